The molecule has 0 amide bonds. The molecule has 66 valence electrons. The van der Waals surface area contributed by atoms with E-state index in [1.54, 1.807) is 12.2 Å². The van der Waals surface area contributed by atoms with Gasteiger partial charge in [-0.1, -0.05) is 0 Å². The summed E-state index contributed by atoms with van der Waals surface area (Å²) in [4.78, 5) is 15.5. The molecular weight excluding hydrogens is 158 g/mol. The fraction of sp³-hybridized carbons (Fsp3) is 0.375. The van der Waals surface area contributed by atoms with E-state index in [-0.39, 0.29) is 0 Å². The summed E-state index contributed by atoms with van der Waals surface area (Å²) < 4.78 is 0. The molecule has 0 aromatic heterocycles. The third-order valence-electron chi connectivity index (χ3n) is 1.73. The van der Waals surface area contributed by atoms with Crippen molar-refractivity contribution in [1.29, 1.82) is 0 Å². The highest BCUT2D eigenvalue weighted by Gasteiger charge is 2.16. The molecule has 0 radical (unpaired) electrons. The Morgan fingerprint density at radius 1 is 1.67 bits per heavy atom. The SMILES string of the molecule is CON1CC(C(=O)O)=CC=C1C. The first-order chi connectivity index (χ1) is 5.65. The van der Waals surface area contributed by atoms with Crippen LogP contribution in [-0.2, 0) is 9.63 Å². The fourth-order valence-electron chi connectivity index (χ4n) is 0.984. The lowest BCUT2D eigenvalue weighted by molar-refractivity contribution is -0.135. The Bertz CT molecular complexity index is 255. The predicted octanol–water partition coefficient (Wildman–Crippen LogP) is 0.778. The molecule has 0 bridgehead atoms. The first-order valence-corrected chi connectivity index (χ1v) is 3.57. The molecule has 0 saturated heterocycles. The van der Waals surface area contributed by atoms with E-state index in [0.29, 0.717) is 12.1 Å². The van der Waals surface area contributed by atoms with E-state index in [1.165, 1.54) is 12.2 Å². The molecule has 0 spiro atoms. The minimum absolute atomic E-state index is 0.300. The number of aliphatic carboxylic acids is 1. The van der Waals surface area contributed by atoms with Crippen LogP contribution in [0.25, 0.3) is 0 Å². The van der Waals surface area contributed by atoms with Crippen LogP contribution in [0, 0.1) is 0 Å². The summed E-state index contributed by atoms with van der Waals surface area (Å²) in [5.41, 5.74) is 1.24. The second kappa shape index (κ2) is 3.40. The number of nitrogens with zero attached hydrogens (tertiary/aromatic N) is 1. The lowest BCUT2D eigenvalue weighted by Crippen LogP contribution is -2.27. The number of carboxylic acid groups (broad SMARTS) is 1. The number of hydrogen-bond acceptors (Lipinski definition) is 3. The van der Waals surface area contributed by atoms with Gasteiger partial charge in [-0.3, -0.25) is 9.90 Å². The molecule has 0 atom stereocenters. The summed E-state index contributed by atoms with van der Waals surface area (Å²) in [5.74, 6) is -0.902. The van der Waals surface area contributed by atoms with E-state index in [4.69, 9.17) is 9.94 Å². The maximum absolute atomic E-state index is 10.5. The standard InChI is InChI=1S/C8H11NO3/c1-6-3-4-7(8(10)11)5-9(6)12-2/h3-4H,5H2,1-2H3,(H,10,11). The minimum Gasteiger partial charge on any atom is -0.478 e. The Labute approximate surface area is 70.7 Å². The molecule has 1 heterocycles. The third kappa shape index (κ3) is 1.65. The van der Waals surface area contributed by atoms with E-state index in [9.17, 15) is 4.79 Å². The van der Waals surface area contributed by atoms with E-state index < -0.39 is 5.97 Å². The molecule has 0 aromatic carbocycles. The molecular formula is C8H11NO3. The molecule has 0 fully saturated rings. The molecule has 0 aromatic rings. The van der Waals surface area contributed by atoms with Crippen LogP contribution in [0.2, 0.25) is 0 Å². The van der Waals surface area contributed by atoms with E-state index in [1.807, 2.05) is 6.92 Å². The summed E-state index contributed by atoms with van der Waals surface area (Å²) in [6.45, 7) is 2.16. The molecule has 0 aliphatic carbocycles. The van der Waals surface area contributed by atoms with Crippen LogP contribution in [0.15, 0.2) is 23.4 Å². The Hall–Kier alpha value is -1.29. The van der Waals surface area contributed by atoms with Crippen LogP contribution in [0.5, 0.6) is 0 Å². The average molecular weight is 169 g/mol. The Morgan fingerprint density at radius 2 is 2.33 bits per heavy atom. The van der Waals surface area contributed by atoms with Gasteiger partial charge in [0.25, 0.3) is 0 Å². The van der Waals surface area contributed by atoms with Crippen LogP contribution in [-0.4, -0.2) is 29.8 Å². The van der Waals surface area contributed by atoms with Crippen molar-refractivity contribution in [3.63, 3.8) is 0 Å². The van der Waals surface area contributed by atoms with E-state index in [2.05, 4.69) is 0 Å². The summed E-state index contributed by atoms with van der Waals surface area (Å²) in [7, 11) is 1.52. The molecule has 1 rings (SSSR count). The molecule has 12 heavy (non-hydrogen) atoms. The smallest absolute Gasteiger partial charge is 0.333 e. The van der Waals surface area contributed by atoms with Crippen molar-refractivity contribution in [2.75, 3.05) is 13.7 Å². The highest BCUT2D eigenvalue weighted by Crippen LogP contribution is 2.13. The summed E-state index contributed by atoms with van der Waals surface area (Å²) in [6, 6.07) is 0. The number of allylic oxidation sites excluding steroid dienone is 3. The molecule has 1 aliphatic rings. The second-order valence-electron chi connectivity index (χ2n) is 2.52. The van der Waals surface area contributed by atoms with Gasteiger partial charge in [-0.05, 0) is 19.1 Å². The number of carbonyl (C=O) groups is 1. The first kappa shape index (κ1) is 8.80. The number of carboxylic acids is 1. The van der Waals surface area contributed by atoms with Crippen LogP contribution in [0.3, 0.4) is 0 Å². The zero-order chi connectivity index (χ0) is 9.14. The van der Waals surface area contributed by atoms with Gasteiger partial charge in [0, 0.05) is 5.70 Å². The highest BCUT2D eigenvalue weighted by atomic mass is 16.7. The summed E-state index contributed by atoms with van der Waals surface area (Å²) >= 11 is 0. The van der Waals surface area contributed by atoms with Crippen molar-refractivity contribution in [1.82, 2.24) is 5.06 Å². The van der Waals surface area contributed by atoms with Gasteiger partial charge < -0.3 is 5.11 Å². The molecule has 4 heteroatoms. The van der Waals surface area contributed by atoms with Crippen LogP contribution in [0.1, 0.15) is 6.92 Å². The quantitative estimate of drug-likeness (QED) is 0.663. The molecule has 0 saturated carbocycles. The summed E-state index contributed by atoms with van der Waals surface area (Å²) in [6.07, 6.45) is 3.31. The third-order valence-corrected chi connectivity index (χ3v) is 1.73. The Morgan fingerprint density at radius 3 is 2.83 bits per heavy atom. The lowest BCUT2D eigenvalue weighted by atomic mass is 10.2. The molecule has 4 nitrogen and oxygen atoms in total. The van der Waals surface area contributed by atoms with Crippen molar-refractivity contribution in [2.24, 2.45) is 0 Å². The van der Waals surface area contributed by atoms with Gasteiger partial charge >= 0.3 is 5.97 Å². The van der Waals surface area contributed by atoms with Crippen molar-refractivity contribution >= 4 is 5.97 Å². The van der Waals surface area contributed by atoms with Crippen LogP contribution < -0.4 is 0 Å². The van der Waals surface area contributed by atoms with Gasteiger partial charge in [0.1, 0.15) is 0 Å². The van der Waals surface area contributed by atoms with Crippen molar-refractivity contribution in [2.45, 2.75) is 6.92 Å². The zero-order valence-corrected chi connectivity index (χ0v) is 7.07. The van der Waals surface area contributed by atoms with Crippen LogP contribution in [0.4, 0.5) is 0 Å². The number of rotatable bonds is 2. The maximum atomic E-state index is 10.5. The topological polar surface area (TPSA) is 49.8 Å². The van der Waals surface area contributed by atoms with Crippen molar-refractivity contribution in [3.8, 4) is 0 Å². The van der Waals surface area contributed by atoms with E-state index >= 15 is 0 Å². The zero-order valence-electron chi connectivity index (χ0n) is 7.07. The van der Waals surface area contributed by atoms with Gasteiger partial charge in [0.05, 0.1) is 19.2 Å². The van der Waals surface area contributed by atoms with Gasteiger partial charge in [0.15, 0.2) is 0 Å². The van der Waals surface area contributed by atoms with Gasteiger partial charge in [0.2, 0.25) is 0 Å². The largest absolute Gasteiger partial charge is 0.478 e. The Kier molecular flexibility index (Phi) is 2.50. The van der Waals surface area contributed by atoms with Gasteiger partial charge in [-0.25, -0.2) is 4.79 Å². The first-order valence-electron chi connectivity index (χ1n) is 3.57. The maximum Gasteiger partial charge on any atom is 0.333 e. The highest BCUT2D eigenvalue weighted by molar-refractivity contribution is 5.87. The van der Waals surface area contributed by atoms with Crippen molar-refractivity contribution < 1.29 is 14.7 Å². The predicted molar refractivity (Wildman–Crippen MR) is 43.2 cm³/mol. The molecule has 1 N–H and O–H groups in total. The normalized spacial score (nSPS) is 17.0. The van der Waals surface area contributed by atoms with E-state index in [0.717, 1.165) is 5.70 Å². The fourth-order valence-corrected chi connectivity index (χ4v) is 0.984. The second-order valence-corrected chi connectivity index (χ2v) is 2.52. The molecule has 0 unspecified atom stereocenters. The van der Waals surface area contributed by atoms with Gasteiger partial charge in [-0.2, -0.15) is 0 Å². The number of hydrogen-bond donors (Lipinski definition) is 1. The van der Waals surface area contributed by atoms with Crippen LogP contribution >= 0.6 is 0 Å². The lowest BCUT2D eigenvalue weighted by Gasteiger charge is -2.24. The Balaban J connectivity index is 2.79. The minimum atomic E-state index is -0.902. The average Bonchev–Trinajstić information content (AvgIpc) is 2.05. The van der Waals surface area contributed by atoms with Gasteiger partial charge in [-0.15, -0.1) is 0 Å². The van der Waals surface area contributed by atoms with Crippen molar-refractivity contribution in [3.05, 3.63) is 23.4 Å². The number of hydroxylamine groups is 2. The monoisotopic (exact) mass is 169 g/mol. The molecule has 1 aliphatic heterocycles. The summed E-state index contributed by atoms with van der Waals surface area (Å²) in [5, 5.41) is 10.2.